The van der Waals surface area contributed by atoms with Gasteiger partial charge in [-0.25, -0.2) is 0 Å². The minimum atomic E-state index is 0.563. The fraction of sp³-hybridized carbons (Fsp3) is 0.316. The van der Waals surface area contributed by atoms with Gasteiger partial charge in [-0.05, 0) is 54.4 Å². The molecule has 0 aliphatic heterocycles. The quantitative estimate of drug-likeness (QED) is 0.745. The van der Waals surface area contributed by atoms with E-state index in [1.807, 2.05) is 24.3 Å². The molecule has 0 amide bonds. The van der Waals surface area contributed by atoms with Gasteiger partial charge in [0.2, 0.25) is 0 Å². The summed E-state index contributed by atoms with van der Waals surface area (Å²) in [6.45, 7) is 3.09. The van der Waals surface area contributed by atoms with Crippen molar-refractivity contribution in [2.24, 2.45) is 5.92 Å². The summed E-state index contributed by atoms with van der Waals surface area (Å²) in [5.74, 6) is 1.40. The largest absolute Gasteiger partial charge is 0.497 e. The third-order valence-corrected chi connectivity index (χ3v) is 4.09. The summed E-state index contributed by atoms with van der Waals surface area (Å²) in [6.07, 6.45) is 2.18. The van der Waals surface area contributed by atoms with E-state index >= 15 is 0 Å². The first-order valence-corrected chi connectivity index (χ1v) is 8.35. The molecule has 0 bridgehead atoms. The molecular formula is C19H24N2OS. The van der Waals surface area contributed by atoms with Crippen molar-refractivity contribution in [1.29, 1.82) is 0 Å². The van der Waals surface area contributed by atoms with E-state index < -0.39 is 0 Å². The number of hydrogen-bond acceptors (Lipinski definition) is 2. The van der Waals surface area contributed by atoms with Gasteiger partial charge in [-0.3, -0.25) is 0 Å². The molecule has 0 heterocycles. The van der Waals surface area contributed by atoms with Crippen molar-refractivity contribution >= 4 is 23.0 Å². The molecule has 0 spiro atoms. The molecule has 3 nitrogen and oxygen atoms in total. The number of rotatable bonds is 7. The summed E-state index contributed by atoms with van der Waals surface area (Å²) in [5.41, 5.74) is 2.33. The van der Waals surface area contributed by atoms with E-state index in [1.165, 1.54) is 5.56 Å². The fourth-order valence-corrected chi connectivity index (χ4v) is 2.60. The average Bonchev–Trinajstić information content (AvgIpc) is 2.60. The summed E-state index contributed by atoms with van der Waals surface area (Å²) < 4.78 is 5.15. The van der Waals surface area contributed by atoms with Crippen LogP contribution < -0.4 is 15.4 Å². The number of nitrogens with one attached hydrogen (secondary N) is 2. The van der Waals surface area contributed by atoms with Gasteiger partial charge < -0.3 is 15.4 Å². The maximum atomic E-state index is 5.37. The van der Waals surface area contributed by atoms with Crippen molar-refractivity contribution in [2.45, 2.75) is 19.8 Å². The van der Waals surface area contributed by atoms with Crippen molar-refractivity contribution in [3.05, 3.63) is 60.2 Å². The smallest absolute Gasteiger partial charge is 0.170 e. The van der Waals surface area contributed by atoms with Crippen LogP contribution in [0.25, 0.3) is 0 Å². The molecule has 23 heavy (non-hydrogen) atoms. The lowest BCUT2D eigenvalue weighted by atomic mass is 9.97. The maximum Gasteiger partial charge on any atom is 0.170 e. The highest BCUT2D eigenvalue weighted by Gasteiger charge is 2.08. The number of benzene rings is 2. The van der Waals surface area contributed by atoms with Crippen molar-refractivity contribution in [2.75, 3.05) is 19.0 Å². The summed E-state index contributed by atoms with van der Waals surface area (Å²) in [5, 5.41) is 7.18. The summed E-state index contributed by atoms with van der Waals surface area (Å²) >= 11 is 5.37. The van der Waals surface area contributed by atoms with E-state index in [9.17, 15) is 0 Å². The molecule has 0 saturated carbocycles. The summed E-state index contributed by atoms with van der Waals surface area (Å²) in [6, 6.07) is 18.3. The predicted molar refractivity (Wildman–Crippen MR) is 101 cm³/mol. The molecule has 0 aliphatic carbocycles. The van der Waals surface area contributed by atoms with Crippen molar-refractivity contribution in [3.8, 4) is 5.75 Å². The van der Waals surface area contributed by atoms with E-state index in [-0.39, 0.29) is 0 Å². The number of hydrogen-bond donors (Lipinski definition) is 2. The fourth-order valence-electron chi connectivity index (χ4n) is 2.39. The molecule has 0 aliphatic rings. The summed E-state index contributed by atoms with van der Waals surface area (Å²) in [7, 11) is 1.66. The monoisotopic (exact) mass is 328 g/mol. The molecule has 2 aromatic carbocycles. The molecular weight excluding hydrogens is 304 g/mol. The SMILES string of the molecule is CC[C@H](CNC(=S)Nc1ccc(OC)cc1)Cc1ccccc1. The Kier molecular flexibility index (Phi) is 6.88. The molecule has 0 radical (unpaired) electrons. The molecule has 2 N–H and O–H groups in total. The highest BCUT2D eigenvalue weighted by Crippen LogP contribution is 2.15. The molecule has 0 fully saturated rings. The first-order valence-electron chi connectivity index (χ1n) is 7.94. The molecule has 2 aromatic rings. The topological polar surface area (TPSA) is 33.3 Å². The van der Waals surface area contributed by atoms with Gasteiger partial charge in [0.1, 0.15) is 5.75 Å². The van der Waals surface area contributed by atoms with Gasteiger partial charge in [0.25, 0.3) is 0 Å². The second kappa shape index (κ2) is 9.16. The lowest BCUT2D eigenvalue weighted by Crippen LogP contribution is -2.33. The standard InChI is InChI=1S/C19H24N2OS/c1-3-15(13-16-7-5-4-6-8-16)14-20-19(23)21-17-9-11-18(22-2)12-10-17/h4-12,15H,3,13-14H2,1-2H3,(H2,20,21,23)/t15-/m0/s1. The molecule has 1 atom stereocenters. The van der Waals surface area contributed by atoms with Crippen LogP contribution in [0.1, 0.15) is 18.9 Å². The van der Waals surface area contributed by atoms with Gasteiger partial charge in [0.15, 0.2) is 5.11 Å². The van der Waals surface area contributed by atoms with E-state index in [1.54, 1.807) is 7.11 Å². The van der Waals surface area contributed by atoms with Crippen LogP contribution in [0, 0.1) is 5.92 Å². The van der Waals surface area contributed by atoms with Gasteiger partial charge in [-0.1, -0.05) is 43.7 Å². The van der Waals surface area contributed by atoms with Crippen LogP contribution in [-0.4, -0.2) is 18.8 Å². The minimum absolute atomic E-state index is 0.563. The highest BCUT2D eigenvalue weighted by molar-refractivity contribution is 7.80. The van der Waals surface area contributed by atoms with Crippen LogP contribution in [0.4, 0.5) is 5.69 Å². The molecule has 0 unspecified atom stereocenters. The van der Waals surface area contributed by atoms with Crippen LogP contribution in [0.5, 0.6) is 5.75 Å². The van der Waals surface area contributed by atoms with Crippen molar-refractivity contribution < 1.29 is 4.74 Å². The highest BCUT2D eigenvalue weighted by atomic mass is 32.1. The van der Waals surface area contributed by atoms with E-state index in [0.29, 0.717) is 11.0 Å². The van der Waals surface area contributed by atoms with Crippen LogP contribution in [-0.2, 0) is 6.42 Å². The molecule has 4 heteroatoms. The number of methoxy groups -OCH3 is 1. The summed E-state index contributed by atoms with van der Waals surface area (Å²) in [4.78, 5) is 0. The molecule has 0 saturated heterocycles. The van der Waals surface area contributed by atoms with Crippen molar-refractivity contribution in [1.82, 2.24) is 5.32 Å². The third-order valence-electron chi connectivity index (χ3n) is 3.84. The Hall–Kier alpha value is -2.07. The van der Waals surface area contributed by atoms with E-state index in [4.69, 9.17) is 17.0 Å². The second-order valence-corrected chi connectivity index (χ2v) is 5.94. The number of anilines is 1. The lowest BCUT2D eigenvalue weighted by Gasteiger charge is -2.18. The van der Waals surface area contributed by atoms with Crippen molar-refractivity contribution in [3.63, 3.8) is 0 Å². The van der Waals surface area contributed by atoms with Gasteiger partial charge >= 0.3 is 0 Å². The molecule has 0 aromatic heterocycles. The van der Waals surface area contributed by atoms with Crippen LogP contribution in [0.2, 0.25) is 0 Å². The van der Waals surface area contributed by atoms with E-state index in [0.717, 1.165) is 30.8 Å². The zero-order chi connectivity index (χ0) is 16.5. The van der Waals surface area contributed by atoms with Crippen LogP contribution in [0.3, 0.4) is 0 Å². The Labute approximate surface area is 144 Å². The Morgan fingerprint density at radius 3 is 2.39 bits per heavy atom. The minimum Gasteiger partial charge on any atom is -0.497 e. The normalized spacial score (nSPS) is 11.6. The first-order chi connectivity index (χ1) is 11.2. The zero-order valence-corrected chi connectivity index (χ0v) is 14.5. The number of thiocarbonyl (C=S) groups is 1. The zero-order valence-electron chi connectivity index (χ0n) is 13.7. The Morgan fingerprint density at radius 1 is 1.09 bits per heavy atom. The Bertz CT molecular complexity index is 599. The van der Waals surface area contributed by atoms with E-state index in [2.05, 4.69) is 47.9 Å². The Morgan fingerprint density at radius 2 is 1.78 bits per heavy atom. The lowest BCUT2D eigenvalue weighted by molar-refractivity contribution is 0.415. The maximum absolute atomic E-state index is 5.37. The molecule has 122 valence electrons. The van der Waals surface area contributed by atoms with Gasteiger partial charge in [0.05, 0.1) is 7.11 Å². The predicted octanol–water partition coefficient (Wildman–Crippen LogP) is 4.25. The van der Waals surface area contributed by atoms with Crippen LogP contribution >= 0.6 is 12.2 Å². The van der Waals surface area contributed by atoms with Gasteiger partial charge in [-0.2, -0.15) is 0 Å². The van der Waals surface area contributed by atoms with Crippen LogP contribution in [0.15, 0.2) is 54.6 Å². The first kappa shape index (κ1) is 17.3. The van der Waals surface area contributed by atoms with Gasteiger partial charge in [0, 0.05) is 12.2 Å². The molecule has 2 rings (SSSR count). The average molecular weight is 328 g/mol. The third kappa shape index (κ3) is 5.91. The van der Waals surface area contributed by atoms with Gasteiger partial charge in [-0.15, -0.1) is 0 Å². The number of ether oxygens (including phenoxy) is 1. The Balaban J connectivity index is 1.79. The second-order valence-electron chi connectivity index (χ2n) is 5.53.